The van der Waals surface area contributed by atoms with Crippen molar-refractivity contribution < 1.29 is 14.7 Å². The van der Waals surface area contributed by atoms with Gasteiger partial charge in [-0.15, -0.1) is 0 Å². The van der Waals surface area contributed by atoms with Crippen molar-refractivity contribution in [3.8, 4) is 0 Å². The van der Waals surface area contributed by atoms with Crippen LogP contribution in [-0.2, 0) is 9.59 Å². The van der Waals surface area contributed by atoms with Crippen molar-refractivity contribution in [3.63, 3.8) is 0 Å². The van der Waals surface area contributed by atoms with Gasteiger partial charge < -0.3 is 15.7 Å². The molecule has 3 N–H and O–H groups in total. The fourth-order valence-electron chi connectivity index (χ4n) is 2.83. The van der Waals surface area contributed by atoms with E-state index in [0.717, 1.165) is 32.4 Å². The fraction of sp³-hybridized carbons (Fsp3) is 0.846. The third kappa shape index (κ3) is 2.66. The molecule has 1 aliphatic heterocycles. The predicted molar refractivity (Wildman–Crippen MR) is 67.1 cm³/mol. The average Bonchev–Trinajstić information content (AvgIpc) is 2.27. The zero-order valence-corrected chi connectivity index (χ0v) is 10.9. The van der Waals surface area contributed by atoms with E-state index >= 15 is 0 Å². The molecule has 2 atom stereocenters. The molecule has 1 saturated heterocycles. The van der Waals surface area contributed by atoms with Crippen LogP contribution < -0.4 is 10.6 Å². The van der Waals surface area contributed by atoms with Crippen LogP contribution in [-0.4, -0.2) is 36.1 Å². The Labute approximate surface area is 107 Å². The van der Waals surface area contributed by atoms with E-state index in [1.807, 2.05) is 0 Å². The molecule has 1 saturated carbocycles. The molecule has 5 nitrogen and oxygen atoms in total. The van der Waals surface area contributed by atoms with Gasteiger partial charge in [0.05, 0.1) is 5.41 Å². The summed E-state index contributed by atoms with van der Waals surface area (Å²) < 4.78 is 0. The lowest BCUT2D eigenvalue weighted by atomic mass is 9.71. The van der Waals surface area contributed by atoms with Crippen LogP contribution >= 0.6 is 0 Å². The van der Waals surface area contributed by atoms with Gasteiger partial charge in [0.1, 0.15) is 0 Å². The first-order valence-corrected chi connectivity index (χ1v) is 6.76. The summed E-state index contributed by atoms with van der Waals surface area (Å²) in [5.41, 5.74) is -0.800. The second kappa shape index (κ2) is 5.26. The van der Waals surface area contributed by atoms with Gasteiger partial charge in [0.2, 0.25) is 5.91 Å². The van der Waals surface area contributed by atoms with Crippen LogP contribution in [0.5, 0.6) is 0 Å². The lowest BCUT2D eigenvalue weighted by Gasteiger charge is -2.38. The molecule has 0 aromatic heterocycles. The number of aliphatic carboxylic acids is 1. The third-order valence-electron chi connectivity index (χ3n) is 4.37. The standard InChI is InChI=1S/C13H22N2O3/c1-13(12(17)18)5-3-2-4-10(13)15-11(16)6-9-7-14-8-9/h9-10,14H,2-8H2,1H3,(H,15,16)(H,17,18). The van der Waals surface area contributed by atoms with E-state index in [-0.39, 0.29) is 11.9 Å². The number of amides is 1. The second-order valence-electron chi connectivity index (χ2n) is 5.82. The maximum Gasteiger partial charge on any atom is 0.311 e. The van der Waals surface area contributed by atoms with Crippen molar-refractivity contribution in [2.75, 3.05) is 13.1 Å². The number of carbonyl (C=O) groups is 2. The molecule has 2 aliphatic rings. The third-order valence-corrected chi connectivity index (χ3v) is 4.37. The molecule has 18 heavy (non-hydrogen) atoms. The van der Waals surface area contributed by atoms with E-state index in [9.17, 15) is 14.7 Å². The van der Waals surface area contributed by atoms with E-state index in [1.54, 1.807) is 6.92 Å². The minimum Gasteiger partial charge on any atom is -0.481 e. The summed E-state index contributed by atoms with van der Waals surface area (Å²) in [6.07, 6.45) is 3.87. The van der Waals surface area contributed by atoms with Gasteiger partial charge in [-0.05, 0) is 38.8 Å². The van der Waals surface area contributed by atoms with Gasteiger partial charge in [-0.25, -0.2) is 0 Å². The highest BCUT2D eigenvalue weighted by atomic mass is 16.4. The van der Waals surface area contributed by atoms with Crippen LogP contribution in [0.4, 0.5) is 0 Å². The number of hydrogen-bond donors (Lipinski definition) is 3. The molecule has 1 aliphatic carbocycles. The molecular formula is C13H22N2O3. The average molecular weight is 254 g/mol. The highest BCUT2D eigenvalue weighted by Gasteiger charge is 2.43. The van der Waals surface area contributed by atoms with Crippen molar-refractivity contribution in [1.29, 1.82) is 0 Å². The van der Waals surface area contributed by atoms with E-state index < -0.39 is 11.4 Å². The Hall–Kier alpha value is -1.10. The summed E-state index contributed by atoms with van der Waals surface area (Å²) in [4.78, 5) is 23.3. The Morgan fingerprint density at radius 3 is 2.67 bits per heavy atom. The van der Waals surface area contributed by atoms with Gasteiger partial charge in [0.25, 0.3) is 0 Å². The van der Waals surface area contributed by atoms with Gasteiger partial charge in [-0.1, -0.05) is 12.8 Å². The molecule has 1 heterocycles. The summed E-state index contributed by atoms with van der Waals surface area (Å²) in [6.45, 7) is 3.55. The molecule has 1 amide bonds. The molecule has 2 fully saturated rings. The number of hydrogen-bond acceptors (Lipinski definition) is 3. The van der Waals surface area contributed by atoms with Gasteiger partial charge in [-0.2, -0.15) is 0 Å². The molecule has 0 aromatic rings. The summed E-state index contributed by atoms with van der Waals surface area (Å²) in [5.74, 6) is -0.372. The van der Waals surface area contributed by atoms with Crippen LogP contribution in [0.2, 0.25) is 0 Å². The van der Waals surface area contributed by atoms with Crippen molar-refractivity contribution in [1.82, 2.24) is 10.6 Å². The minimum absolute atomic E-state index is 0.000810. The zero-order chi connectivity index (χ0) is 13.2. The summed E-state index contributed by atoms with van der Waals surface area (Å²) in [7, 11) is 0. The first-order valence-electron chi connectivity index (χ1n) is 6.76. The van der Waals surface area contributed by atoms with Gasteiger partial charge >= 0.3 is 5.97 Å². The topological polar surface area (TPSA) is 78.4 Å². The van der Waals surface area contributed by atoms with Crippen molar-refractivity contribution in [2.45, 2.75) is 45.1 Å². The highest BCUT2D eigenvalue weighted by molar-refractivity contribution is 5.80. The van der Waals surface area contributed by atoms with E-state index in [1.165, 1.54) is 0 Å². The van der Waals surface area contributed by atoms with Crippen LogP contribution in [0.25, 0.3) is 0 Å². The van der Waals surface area contributed by atoms with Gasteiger partial charge in [0, 0.05) is 12.5 Å². The Morgan fingerprint density at radius 2 is 2.11 bits per heavy atom. The predicted octanol–water partition coefficient (Wildman–Crippen LogP) is 0.746. The molecular weight excluding hydrogens is 232 g/mol. The molecule has 2 unspecified atom stereocenters. The number of rotatable bonds is 4. The normalized spacial score (nSPS) is 32.6. The molecule has 5 heteroatoms. The zero-order valence-electron chi connectivity index (χ0n) is 10.9. The van der Waals surface area contributed by atoms with Crippen molar-refractivity contribution in [2.24, 2.45) is 11.3 Å². The van der Waals surface area contributed by atoms with Gasteiger partial charge in [0.15, 0.2) is 0 Å². The molecule has 2 rings (SSSR count). The van der Waals surface area contributed by atoms with E-state index in [0.29, 0.717) is 18.8 Å². The number of carbonyl (C=O) groups excluding carboxylic acids is 1. The summed E-state index contributed by atoms with van der Waals surface area (Å²) in [5, 5.41) is 15.4. The highest BCUT2D eigenvalue weighted by Crippen LogP contribution is 2.36. The van der Waals surface area contributed by atoms with E-state index in [2.05, 4.69) is 10.6 Å². The lowest BCUT2D eigenvalue weighted by Crippen LogP contribution is -2.53. The molecule has 102 valence electrons. The first-order chi connectivity index (χ1) is 8.52. The second-order valence-corrected chi connectivity index (χ2v) is 5.82. The number of carboxylic acid groups (broad SMARTS) is 1. The Balaban J connectivity index is 1.92. The monoisotopic (exact) mass is 254 g/mol. The van der Waals surface area contributed by atoms with Crippen molar-refractivity contribution in [3.05, 3.63) is 0 Å². The van der Waals surface area contributed by atoms with Crippen LogP contribution in [0, 0.1) is 11.3 Å². The fourth-order valence-corrected chi connectivity index (χ4v) is 2.83. The first kappa shape index (κ1) is 13.3. The molecule has 0 aromatic carbocycles. The van der Waals surface area contributed by atoms with Crippen LogP contribution in [0.15, 0.2) is 0 Å². The maximum atomic E-state index is 11.9. The Morgan fingerprint density at radius 1 is 1.39 bits per heavy atom. The lowest BCUT2D eigenvalue weighted by molar-refractivity contribution is -0.152. The number of carboxylic acids is 1. The quantitative estimate of drug-likeness (QED) is 0.691. The van der Waals surface area contributed by atoms with Crippen LogP contribution in [0.3, 0.4) is 0 Å². The largest absolute Gasteiger partial charge is 0.481 e. The Bertz CT molecular complexity index is 341. The smallest absolute Gasteiger partial charge is 0.311 e. The maximum absolute atomic E-state index is 11.9. The molecule has 0 bridgehead atoms. The number of nitrogens with one attached hydrogen (secondary N) is 2. The summed E-state index contributed by atoms with van der Waals surface area (Å²) >= 11 is 0. The summed E-state index contributed by atoms with van der Waals surface area (Å²) in [6, 6.07) is -0.218. The van der Waals surface area contributed by atoms with Gasteiger partial charge in [-0.3, -0.25) is 9.59 Å². The van der Waals surface area contributed by atoms with E-state index in [4.69, 9.17) is 0 Å². The van der Waals surface area contributed by atoms with Crippen LogP contribution in [0.1, 0.15) is 39.0 Å². The minimum atomic E-state index is -0.800. The van der Waals surface area contributed by atoms with Crippen molar-refractivity contribution >= 4 is 11.9 Å². The SMILES string of the molecule is CC1(C(=O)O)CCCCC1NC(=O)CC1CNC1. The Kier molecular flexibility index (Phi) is 3.90. The molecule has 0 spiro atoms. The molecule has 0 radical (unpaired) electrons.